The van der Waals surface area contributed by atoms with Gasteiger partial charge in [-0.15, -0.1) is 0 Å². The van der Waals surface area contributed by atoms with Crippen LogP contribution in [-0.2, 0) is 14.1 Å². The van der Waals surface area contributed by atoms with Gasteiger partial charge in [-0.25, -0.2) is 4.98 Å². The van der Waals surface area contributed by atoms with Crippen molar-refractivity contribution in [2.45, 2.75) is 13.8 Å². The van der Waals surface area contributed by atoms with Crippen LogP contribution in [0.1, 0.15) is 11.6 Å². The number of imidazole rings is 1. The number of hydrogen-bond acceptors (Lipinski definition) is 3. The van der Waals surface area contributed by atoms with E-state index in [1.54, 1.807) is 11.5 Å². The Bertz CT molecular complexity index is 564. The summed E-state index contributed by atoms with van der Waals surface area (Å²) in [5.41, 5.74) is 1.05. The number of aromatic nitrogens is 4. The molecule has 0 bridgehead atoms. The largest absolute Gasteiger partial charge is 0.325 e. The topological polar surface area (TPSA) is 52.7 Å². The summed E-state index contributed by atoms with van der Waals surface area (Å²) in [5, 5.41) is 0. The number of aryl methyl sites for hydroxylation is 4. The van der Waals surface area contributed by atoms with Gasteiger partial charge in [0.2, 0.25) is 0 Å². The fourth-order valence-electron chi connectivity index (χ4n) is 1.49. The van der Waals surface area contributed by atoms with Gasteiger partial charge < -0.3 is 9.13 Å². The zero-order valence-corrected chi connectivity index (χ0v) is 8.70. The van der Waals surface area contributed by atoms with E-state index in [1.165, 1.54) is 0 Å². The Morgan fingerprint density at radius 3 is 2.21 bits per heavy atom. The van der Waals surface area contributed by atoms with Gasteiger partial charge in [0.05, 0.1) is 0 Å². The first-order valence-electron chi connectivity index (χ1n) is 4.39. The zero-order valence-electron chi connectivity index (χ0n) is 8.70. The average molecular weight is 192 g/mol. The van der Waals surface area contributed by atoms with Crippen LogP contribution in [0.3, 0.4) is 0 Å². The maximum absolute atomic E-state index is 11.6. The second-order valence-corrected chi connectivity index (χ2v) is 3.41. The molecule has 0 amide bonds. The van der Waals surface area contributed by atoms with Crippen molar-refractivity contribution < 1.29 is 0 Å². The Balaban J connectivity index is 3.10. The van der Waals surface area contributed by atoms with Gasteiger partial charge in [-0.2, -0.15) is 4.98 Å². The molecule has 0 aliphatic heterocycles. The molecule has 2 heterocycles. The summed E-state index contributed by atoms with van der Waals surface area (Å²) in [4.78, 5) is 19.8. The van der Waals surface area contributed by atoms with Gasteiger partial charge in [0.25, 0.3) is 5.56 Å². The number of fused-ring (bicyclic) bond motifs is 1. The molecule has 74 valence electrons. The van der Waals surface area contributed by atoms with Gasteiger partial charge in [-0.05, 0) is 13.8 Å². The van der Waals surface area contributed by atoms with Crippen molar-refractivity contribution in [3.05, 3.63) is 22.0 Å². The Morgan fingerprint density at radius 1 is 1.00 bits per heavy atom. The van der Waals surface area contributed by atoms with Crippen molar-refractivity contribution >= 4 is 11.2 Å². The van der Waals surface area contributed by atoms with E-state index < -0.39 is 0 Å². The molecule has 0 fully saturated rings. The molecule has 0 unspecified atom stereocenters. The molecular formula is C9H12N4O. The molecule has 0 aromatic carbocycles. The molecular weight excluding hydrogens is 180 g/mol. The first kappa shape index (κ1) is 8.93. The van der Waals surface area contributed by atoms with Gasteiger partial charge in [-0.3, -0.25) is 4.79 Å². The minimum atomic E-state index is -0.210. The number of rotatable bonds is 0. The molecule has 0 saturated carbocycles. The van der Waals surface area contributed by atoms with Gasteiger partial charge in [0, 0.05) is 14.1 Å². The van der Waals surface area contributed by atoms with Gasteiger partial charge >= 0.3 is 0 Å². The fourth-order valence-corrected chi connectivity index (χ4v) is 1.49. The molecule has 0 spiro atoms. The van der Waals surface area contributed by atoms with Crippen molar-refractivity contribution in [1.29, 1.82) is 0 Å². The molecule has 0 radical (unpaired) electrons. The Labute approximate surface area is 81.0 Å². The van der Waals surface area contributed by atoms with E-state index in [-0.39, 0.29) is 5.56 Å². The Kier molecular flexibility index (Phi) is 1.70. The predicted molar refractivity (Wildman–Crippen MR) is 53.2 cm³/mol. The number of hydrogen-bond donors (Lipinski definition) is 0. The summed E-state index contributed by atoms with van der Waals surface area (Å²) in [6, 6.07) is 0. The third kappa shape index (κ3) is 0.982. The molecule has 0 aliphatic rings. The highest BCUT2D eigenvalue weighted by Crippen LogP contribution is 2.09. The van der Waals surface area contributed by atoms with E-state index in [9.17, 15) is 4.79 Å². The van der Waals surface area contributed by atoms with Crippen LogP contribution < -0.4 is 5.56 Å². The highest BCUT2D eigenvalue weighted by atomic mass is 16.1. The van der Waals surface area contributed by atoms with Crippen molar-refractivity contribution in [3.8, 4) is 0 Å². The van der Waals surface area contributed by atoms with Crippen LogP contribution in [-0.4, -0.2) is 19.1 Å². The third-order valence-electron chi connectivity index (χ3n) is 2.57. The van der Waals surface area contributed by atoms with Gasteiger partial charge in [-0.1, -0.05) is 0 Å². The van der Waals surface area contributed by atoms with Crippen molar-refractivity contribution in [2.75, 3.05) is 0 Å². The van der Waals surface area contributed by atoms with E-state index in [0.717, 1.165) is 5.82 Å². The average Bonchev–Trinajstić information content (AvgIpc) is 2.40. The minimum Gasteiger partial charge on any atom is -0.325 e. The lowest BCUT2D eigenvalue weighted by atomic mass is 10.5. The van der Waals surface area contributed by atoms with Crippen LogP contribution in [0.2, 0.25) is 0 Å². The predicted octanol–water partition coefficient (Wildman–Crippen LogP) is 0.284. The SMILES string of the molecule is Cc1nc(=O)c2c(nc(C)n2C)n1C. The monoisotopic (exact) mass is 192 g/mol. The van der Waals surface area contributed by atoms with Crippen molar-refractivity contribution in [3.63, 3.8) is 0 Å². The van der Waals surface area contributed by atoms with E-state index in [4.69, 9.17) is 0 Å². The maximum atomic E-state index is 11.6. The van der Waals surface area contributed by atoms with Crippen LogP contribution in [0.25, 0.3) is 11.2 Å². The third-order valence-corrected chi connectivity index (χ3v) is 2.57. The van der Waals surface area contributed by atoms with Crippen molar-refractivity contribution in [1.82, 2.24) is 19.1 Å². The van der Waals surface area contributed by atoms with E-state index in [0.29, 0.717) is 17.0 Å². The second-order valence-electron chi connectivity index (χ2n) is 3.41. The van der Waals surface area contributed by atoms with Crippen molar-refractivity contribution in [2.24, 2.45) is 14.1 Å². The number of nitrogens with zero attached hydrogens (tertiary/aromatic N) is 4. The molecule has 14 heavy (non-hydrogen) atoms. The minimum absolute atomic E-state index is 0.210. The molecule has 0 N–H and O–H groups in total. The molecule has 2 rings (SSSR count). The second kappa shape index (κ2) is 2.67. The first-order chi connectivity index (χ1) is 6.52. The Morgan fingerprint density at radius 2 is 1.57 bits per heavy atom. The first-order valence-corrected chi connectivity index (χ1v) is 4.39. The van der Waals surface area contributed by atoms with Crippen LogP contribution in [0.5, 0.6) is 0 Å². The highest BCUT2D eigenvalue weighted by Gasteiger charge is 2.11. The summed E-state index contributed by atoms with van der Waals surface area (Å²) >= 11 is 0. The fraction of sp³-hybridized carbons (Fsp3) is 0.444. The standard InChI is InChI=1S/C9H12N4O/c1-5-10-8-7(12(5)3)9(14)11-6(2)13(8)4/h1-4H3. The van der Waals surface area contributed by atoms with E-state index in [2.05, 4.69) is 9.97 Å². The van der Waals surface area contributed by atoms with Crippen LogP contribution in [0.15, 0.2) is 4.79 Å². The lowest BCUT2D eigenvalue weighted by Crippen LogP contribution is -2.16. The van der Waals surface area contributed by atoms with Gasteiger partial charge in [0.1, 0.15) is 11.6 Å². The molecule has 5 nitrogen and oxygen atoms in total. The quantitative estimate of drug-likeness (QED) is 0.602. The summed E-state index contributed by atoms with van der Waals surface area (Å²) in [7, 11) is 3.68. The van der Waals surface area contributed by atoms with Crippen LogP contribution in [0.4, 0.5) is 0 Å². The van der Waals surface area contributed by atoms with E-state index in [1.807, 2.05) is 25.6 Å². The van der Waals surface area contributed by atoms with Gasteiger partial charge in [0.15, 0.2) is 11.2 Å². The normalized spacial score (nSPS) is 11.1. The highest BCUT2D eigenvalue weighted by molar-refractivity contribution is 5.71. The summed E-state index contributed by atoms with van der Waals surface area (Å²) in [6.45, 7) is 3.67. The lowest BCUT2D eigenvalue weighted by molar-refractivity contribution is 0.826. The summed E-state index contributed by atoms with van der Waals surface area (Å²) in [6.07, 6.45) is 0. The van der Waals surface area contributed by atoms with Crippen LogP contribution >= 0.6 is 0 Å². The molecule has 2 aromatic heterocycles. The Hall–Kier alpha value is -1.65. The molecule has 0 atom stereocenters. The van der Waals surface area contributed by atoms with E-state index >= 15 is 0 Å². The lowest BCUT2D eigenvalue weighted by Gasteiger charge is -2.02. The molecule has 2 aromatic rings. The smallest absolute Gasteiger partial charge is 0.299 e. The zero-order chi connectivity index (χ0) is 10.5. The molecule has 5 heteroatoms. The van der Waals surface area contributed by atoms with Crippen LogP contribution in [0, 0.1) is 13.8 Å². The summed E-state index contributed by atoms with van der Waals surface area (Å²) in [5.74, 6) is 1.50. The maximum Gasteiger partial charge on any atom is 0.299 e. The summed E-state index contributed by atoms with van der Waals surface area (Å²) < 4.78 is 3.59. The molecule has 0 aliphatic carbocycles. The molecule has 0 saturated heterocycles.